The van der Waals surface area contributed by atoms with Crippen molar-refractivity contribution in [2.45, 2.75) is 24.5 Å². The fourth-order valence-corrected chi connectivity index (χ4v) is 5.02. The quantitative estimate of drug-likeness (QED) is 0.442. The maximum Gasteiger partial charge on any atom is 0.158 e. The van der Waals surface area contributed by atoms with E-state index in [2.05, 4.69) is 20.2 Å². The van der Waals surface area contributed by atoms with Crippen LogP contribution in [0.2, 0.25) is 5.02 Å². The third kappa shape index (κ3) is 5.26. The van der Waals surface area contributed by atoms with Crippen LogP contribution in [-0.4, -0.2) is 66.3 Å². The molecule has 0 N–H and O–H groups in total. The molecule has 10 nitrogen and oxygen atoms in total. The zero-order chi connectivity index (χ0) is 23.4. The zero-order valence-corrected chi connectivity index (χ0v) is 19.8. The van der Waals surface area contributed by atoms with Crippen LogP contribution in [0, 0.1) is 0 Å². The van der Waals surface area contributed by atoms with Crippen molar-refractivity contribution in [1.82, 2.24) is 24.7 Å². The van der Waals surface area contributed by atoms with Gasteiger partial charge in [0.05, 0.1) is 31.6 Å². The number of methoxy groups -OCH3 is 2. The van der Waals surface area contributed by atoms with Gasteiger partial charge < -0.3 is 14.2 Å². The number of aromatic nitrogens is 5. The molecule has 0 bridgehead atoms. The Kier molecular flexibility index (Phi) is 7.11. The molecule has 4 rings (SSSR count). The third-order valence-corrected chi connectivity index (χ3v) is 7.05. The number of sulfone groups is 1. The first-order valence-electron chi connectivity index (χ1n) is 10.3. The predicted molar refractivity (Wildman–Crippen MR) is 121 cm³/mol. The Morgan fingerprint density at radius 2 is 1.85 bits per heavy atom. The fourth-order valence-electron chi connectivity index (χ4n) is 3.71. The summed E-state index contributed by atoms with van der Waals surface area (Å²) >= 11 is 5.80. The van der Waals surface area contributed by atoms with Crippen molar-refractivity contribution < 1.29 is 22.6 Å². The molecule has 0 radical (unpaired) electrons. The molecule has 1 aliphatic rings. The van der Waals surface area contributed by atoms with E-state index in [0.29, 0.717) is 47.1 Å². The molecule has 3 heterocycles. The fraction of sp³-hybridized carbons (Fsp3) is 0.429. The molecule has 0 spiro atoms. The van der Waals surface area contributed by atoms with Gasteiger partial charge in [0.15, 0.2) is 15.7 Å². The molecule has 12 heteroatoms. The number of aryl methyl sites for hydroxylation is 1. The Morgan fingerprint density at radius 1 is 1.15 bits per heavy atom. The lowest BCUT2D eigenvalue weighted by atomic mass is 10.1. The maximum absolute atomic E-state index is 13.0. The number of hydrogen-bond acceptors (Lipinski definition) is 9. The van der Waals surface area contributed by atoms with Crippen molar-refractivity contribution >= 4 is 21.4 Å². The first kappa shape index (κ1) is 23.4. The molecule has 176 valence electrons. The lowest BCUT2D eigenvalue weighted by Crippen LogP contribution is -2.18. The van der Waals surface area contributed by atoms with Crippen molar-refractivity contribution in [3.63, 3.8) is 0 Å². The van der Waals surface area contributed by atoms with Crippen LogP contribution in [0.4, 0.5) is 0 Å². The van der Waals surface area contributed by atoms with Gasteiger partial charge in [-0.2, -0.15) is 0 Å². The number of hydrogen-bond donors (Lipinski definition) is 0. The standard InChI is InChI=1S/C21H24ClN5O5S/c1-30-16-4-3-5-17(31-2)20(16)27-19(25-26-21(27)14-6-8-32-12-14)13-33(28,29)9-7-18-23-10-15(22)11-24-18/h3-5,10-11,14H,6-9,12-13H2,1-2H3/t14-/m1/s1. The number of ether oxygens (including phenoxy) is 3. The summed E-state index contributed by atoms with van der Waals surface area (Å²) in [5, 5.41) is 9.01. The predicted octanol–water partition coefficient (Wildman–Crippen LogP) is 2.39. The van der Waals surface area contributed by atoms with Crippen molar-refractivity contribution in [3.8, 4) is 17.2 Å². The van der Waals surface area contributed by atoms with Gasteiger partial charge in [0.1, 0.15) is 34.6 Å². The molecule has 1 aliphatic heterocycles. The average molecular weight is 494 g/mol. The van der Waals surface area contributed by atoms with Crippen molar-refractivity contribution in [2.24, 2.45) is 0 Å². The van der Waals surface area contributed by atoms with E-state index in [4.69, 9.17) is 25.8 Å². The molecule has 33 heavy (non-hydrogen) atoms. The summed E-state index contributed by atoms with van der Waals surface area (Å²) in [4.78, 5) is 8.14. The van der Waals surface area contributed by atoms with Gasteiger partial charge in [-0.3, -0.25) is 4.57 Å². The van der Waals surface area contributed by atoms with Gasteiger partial charge in [0.25, 0.3) is 0 Å². The van der Waals surface area contributed by atoms with E-state index in [1.165, 1.54) is 12.4 Å². The minimum atomic E-state index is -3.57. The second-order valence-corrected chi connectivity index (χ2v) is 10.2. The van der Waals surface area contributed by atoms with E-state index in [1.54, 1.807) is 37.0 Å². The summed E-state index contributed by atoms with van der Waals surface area (Å²) in [7, 11) is -0.482. The highest BCUT2D eigenvalue weighted by Gasteiger charge is 2.30. The number of halogens is 1. The molecular formula is C21H24ClN5O5S. The number of para-hydroxylation sites is 1. The normalized spacial score (nSPS) is 16.2. The number of nitrogens with zero attached hydrogens (tertiary/aromatic N) is 5. The lowest BCUT2D eigenvalue weighted by molar-refractivity contribution is 0.193. The second-order valence-electron chi connectivity index (χ2n) is 7.54. The monoisotopic (exact) mass is 493 g/mol. The topological polar surface area (TPSA) is 118 Å². The summed E-state index contributed by atoms with van der Waals surface area (Å²) in [5.74, 6) is 1.84. The van der Waals surface area contributed by atoms with E-state index in [1.807, 2.05) is 0 Å². The first-order valence-corrected chi connectivity index (χ1v) is 12.5. The summed E-state index contributed by atoms with van der Waals surface area (Å²) in [6.45, 7) is 1.09. The van der Waals surface area contributed by atoms with Gasteiger partial charge in [-0.15, -0.1) is 10.2 Å². The van der Waals surface area contributed by atoms with Crippen LogP contribution in [0.25, 0.3) is 5.69 Å². The van der Waals surface area contributed by atoms with Gasteiger partial charge in [-0.25, -0.2) is 18.4 Å². The van der Waals surface area contributed by atoms with Crippen molar-refractivity contribution in [2.75, 3.05) is 33.2 Å². The highest BCUT2D eigenvalue weighted by Crippen LogP contribution is 2.37. The molecule has 0 saturated carbocycles. The highest BCUT2D eigenvalue weighted by atomic mass is 35.5. The minimum absolute atomic E-state index is 0.0222. The largest absolute Gasteiger partial charge is 0.494 e. The van der Waals surface area contributed by atoms with Crippen LogP contribution in [0.5, 0.6) is 11.5 Å². The Bertz CT molecular complexity index is 1190. The first-order chi connectivity index (χ1) is 15.9. The van der Waals surface area contributed by atoms with Crippen LogP contribution in [0.1, 0.15) is 29.8 Å². The minimum Gasteiger partial charge on any atom is -0.494 e. The second kappa shape index (κ2) is 10.0. The highest BCUT2D eigenvalue weighted by molar-refractivity contribution is 7.90. The van der Waals surface area contributed by atoms with Crippen LogP contribution in [0.15, 0.2) is 30.6 Å². The molecule has 0 aliphatic carbocycles. The molecule has 1 atom stereocenters. The zero-order valence-electron chi connectivity index (χ0n) is 18.3. The number of benzene rings is 1. The Labute approximate surface area is 196 Å². The van der Waals surface area contributed by atoms with E-state index < -0.39 is 9.84 Å². The van der Waals surface area contributed by atoms with Crippen molar-refractivity contribution in [3.05, 3.63) is 53.1 Å². The summed E-state index contributed by atoms with van der Waals surface area (Å²) in [6, 6.07) is 5.36. The van der Waals surface area contributed by atoms with Crippen LogP contribution in [0.3, 0.4) is 0 Å². The van der Waals surface area contributed by atoms with Gasteiger partial charge in [-0.05, 0) is 18.6 Å². The Balaban J connectivity index is 1.70. The SMILES string of the molecule is COc1cccc(OC)c1-n1c(CS(=O)(=O)CCc2ncc(Cl)cn2)nnc1[C@@H]1CCOC1. The average Bonchev–Trinajstić information content (AvgIpc) is 3.48. The van der Waals surface area contributed by atoms with E-state index in [-0.39, 0.29) is 29.7 Å². The van der Waals surface area contributed by atoms with E-state index in [9.17, 15) is 8.42 Å². The molecular weight excluding hydrogens is 470 g/mol. The smallest absolute Gasteiger partial charge is 0.158 e. The van der Waals surface area contributed by atoms with Crippen LogP contribution in [-0.2, 0) is 26.7 Å². The molecule has 2 aromatic heterocycles. The van der Waals surface area contributed by atoms with E-state index in [0.717, 1.165) is 6.42 Å². The molecule has 1 saturated heterocycles. The summed E-state index contributed by atoms with van der Waals surface area (Å²) in [6.07, 6.45) is 3.80. The van der Waals surface area contributed by atoms with Gasteiger partial charge >= 0.3 is 0 Å². The maximum atomic E-state index is 13.0. The molecule has 3 aromatic rings. The number of rotatable bonds is 9. The Morgan fingerprint density at radius 3 is 2.45 bits per heavy atom. The lowest BCUT2D eigenvalue weighted by Gasteiger charge is -2.18. The Hall–Kier alpha value is -2.76. The van der Waals surface area contributed by atoms with Gasteiger partial charge in [-0.1, -0.05) is 17.7 Å². The molecule has 1 fully saturated rings. The van der Waals surface area contributed by atoms with Crippen molar-refractivity contribution in [1.29, 1.82) is 0 Å². The summed E-state index contributed by atoms with van der Waals surface area (Å²) < 4.78 is 44.4. The third-order valence-electron chi connectivity index (χ3n) is 5.33. The van der Waals surface area contributed by atoms with Crippen LogP contribution >= 0.6 is 11.6 Å². The molecule has 0 amide bonds. The molecule has 1 aromatic carbocycles. The van der Waals surface area contributed by atoms with Gasteiger partial charge in [0, 0.05) is 31.3 Å². The van der Waals surface area contributed by atoms with E-state index >= 15 is 0 Å². The van der Waals surface area contributed by atoms with Gasteiger partial charge in [0.2, 0.25) is 0 Å². The van der Waals surface area contributed by atoms with Crippen LogP contribution < -0.4 is 9.47 Å². The molecule has 0 unspecified atom stereocenters. The summed E-state index contributed by atoms with van der Waals surface area (Å²) in [5.41, 5.74) is 0.556.